The quantitative estimate of drug-likeness (QED) is 0.588. The number of carbonyl (C=O) groups is 3. The summed E-state index contributed by atoms with van der Waals surface area (Å²) in [5.74, 6) is -0.636. The first-order chi connectivity index (χ1) is 16.8. The summed E-state index contributed by atoms with van der Waals surface area (Å²) in [7, 11) is 1.33. The lowest BCUT2D eigenvalue weighted by molar-refractivity contribution is -0.153. The summed E-state index contributed by atoms with van der Waals surface area (Å²) in [5, 5.41) is 10.5. The Kier molecular flexibility index (Phi) is 7.96. The highest BCUT2D eigenvalue weighted by molar-refractivity contribution is 5.85. The number of methoxy groups -OCH3 is 1. The molecule has 1 aromatic carbocycles. The minimum Gasteiger partial charge on any atom is -0.467 e. The van der Waals surface area contributed by atoms with Gasteiger partial charge in [-0.15, -0.1) is 0 Å². The Hall–Kier alpha value is -2.65. The molecule has 2 aliphatic heterocycles. The second-order valence-electron chi connectivity index (χ2n) is 10.1. The van der Waals surface area contributed by atoms with Crippen molar-refractivity contribution >= 4 is 18.0 Å². The number of aliphatic hydroxyl groups is 1. The van der Waals surface area contributed by atoms with Gasteiger partial charge in [-0.1, -0.05) is 30.3 Å². The van der Waals surface area contributed by atoms with Crippen LogP contribution in [0.25, 0.3) is 0 Å². The summed E-state index contributed by atoms with van der Waals surface area (Å²) >= 11 is 0. The number of β-amino-alcohol motifs (C(OH)–C–C–N with tert-alkyl or cyclic N) is 1. The fourth-order valence-electron chi connectivity index (χ4n) is 5.31. The number of hydrogen-bond donors (Lipinski definition) is 1. The molecule has 3 fully saturated rings. The van der Waals surface area contributed by atoms with Crippen molar-refractivity contribution in [2.24, 2.45) is 5.41 Å². The normalized spacial score (nSPS) is 25.2. The van der Waals surface area contributed by atoms with Crippen LogP contribution in [0.2, 0.25) is 0 Å². The SMILES string of the molecule is COC(=O)C(CCN1CCC2(CC2)C(O)C1)N1CC(C)N(C(=O)OCc2ccccc2)CCC1=O. The van der Waals surface area contributed by atoms with Crippen molar-refractivity contribution in [1.29, 1.82) is 0 Å². The van der Waals surface area contributed by atoms with Crippen LogP contribution in [0.5, 0.6) is 0 Å². The molecular weight excluding hydrogens is 450 g/mol. The van der Waals surface area contributed by atoms with Crippen LogP contribution < -0.4 is 0 Å². The monoisotopic (exact) mass is 487 g/mol. The van der Waals surface area contributed by atoms with E-state index in [-0.39, 0.29) is 49.6 Å². The van der Waals surface area contributed by atoms with Gasteiger partial charge in [0.15, 0.2) is 0 Å². The van der Waals surface area contributed by atoms with Gasteiger partial charge >= 0.3 is 12.1 Å². The molecule has 2 heterocycles. The van der Waals surface area contributed by atoms with E-state index in [1.807, 2.05) is 37.3 Å². The third-order valence-corrected chi connectivity index (χ3v) is 7.84. The van der Waals surface area contributed by atoms with Crippen molar-refractivity contribution in [3.63, 3.8) is 0 Å². The van der Waals surface area contributed by atoms with Crippen molar-refractivity contribution in [3.05, 3.63) is 35.9 Å². The molecule has 4 rings (SSSR count). The molecule has 3 atom stereocenters. The van der Waals surface area contributed by atoms with Crippen molar-refractivity contribution < 1.29 is 29.0 Å². The number of piperidine rings is 1. The van der Waals surface area contributed by atoms with E-state index < -0.39 is 18.1 Å². The molecule has 3 aliphatic rings. The highest BCUT2D eigenvalue weighted by atomic mass is 16.6. The van der Waals surface area contributed by atoms with Gasteiger partial charge in [0.05, 0.1) is 13.2 Å². The summed E-state index contributed by atoms with van der Waals surface area (Å²) in [6, 6.07) is 8.39. The molecule has 1 spiro atoms. The molecule has 9 nitrogen and oxygen atoms in total. The van der Waals surface area contributed by atoms with E-state index in [9.17, 15) is 19.5 Å². The summed E-state index contributed by atoms with van der Waals surface area (Å²) in [6.45, 7) is 4.56. The lowest BCUT2D eigenvalue weighted by Gasteiger charge is -2.38. The summed E-state index contributed by atoms with van der Waals surface area (Å²) in [4.78, 5) is 43.8. The van der Waals surface area contributed by atoms with Gasteiger partial charge in [-0.25, -0.2) is 9.59 Å². The number of rotatable bonds is 7. The van der Waals surface area contributed by atoms with Crippen LogP contribution in [-0.4, -0.2) is 95.8 Å². The number of hydrogen-bond acceptors (Lipinski definition) is 7. The van der Waals surface area contributed by atoms with E-state index in [0.717, 1.165) is 31.4 Å². The first-order valence-corrected chi connectivity index (χ1v) is 12.6. The van der Waals surface area contributed by atoms with Crippen LogP contribution in [-0.2, 0) is 25.7 Å². The first-order valence-electron chi connectivity index (χ1n) is 12.6. The van der Waals surface area contributed by atoms with Gasteiger partial charge in [0, 0.05) is 38.6 Å². The molecule has 35 heavy (non-hydrogen) atoms. The van der Waals surface area contributed by atoms with Crippen LogP contribution in [0.1, 0.15) is 44.6 Å². The maximum atomic E-state index is 13.1. The van der Waals surface area contributed by atoms with E-state index in [0.29, 0.717) is 19.5 Å². The molecule has 1 N–H and O–H groups in total. The predicted octanol–water partition coefficient (Wildman–Crippen LogP) is 2.02. The van der Waals surface area contributed by atoms with E-state index >= 15 is 0 Å². The number of ether oxygens (including phenoxy) is 2. The number of aliphatic hydroxyl groups excluding tert-OH is 1. The fraction of sp³-hybridized carbons (Fsp3) is 0.654. The average Bonchev–Trinajstić information content (AvgIpc) is 3.66. The van der Waals surface area contributed by atoms with Gasteiger partial charge in [0.2, 0.25) is 5.91 Å². The molecule has 0 radical (unpaired) electrons. The zero-order valence-corrected chi connectivity index (χ0v) is 20.7. The molecule has 192 valence electrons. The van der Waals surface area contributed by atoms with Crippen molar-refractivity contribution in [3.8, 4) is 0 Å². The highest BCUT2D eigenvalue weighted by Gasteiger charge is 2.51. The van der Waals surface area contributed by atoms with Crippen molar-refractivity contribution in [2.45, 2.75) is 63.8 Å². The molecular formula is C26H37N3O6. The van der Waals surface area contributed by atoms with Gasteiger partial charge in [0.25, 0.3) is 0 Å². The van der Waals surface area contributed by atoms with Crippen LogP contribution in [0.15, 0.2) is 30.3 Å². The molecule has 1 aromatic rings. The van der Waals surface area contributed by atoms with Gasteiger partial charge < -0.3 is 29.3 Å². The van der Waals surface area contributed by atoms with E-state index in [1.54, 1.807) is 9.80 Å². The average molecular weight is 488 g/mol. The van der Waals surface area contributed by atoms with E-state index in [4.69, 9.17) is 9.47 Å². The molecule has 1 aliphatic carbocycles. The zero-order chi connectivity index (χ0) is 25.0. The Morgan fingerprint density at radius 2 is 1.89 bits per heavy atom. The molecule has 2 saturated heterocycles. The molecule has 3 unspecified atom stereocenters. The van der Waals surface area contributed by atoms with E-state index in [1.165, 1.54) is 7.11 Å². The zero-order valence-electron chi connectivity index (χ0n) is 20.7. The topological polar surface area (TPSA) is 99.6 Å². The van der Waals surface area contributed by atoms with Gasteiger partial charge in [-0.3, -0.25) is 4.79 Å². The number of nitrogens with zero attached hydrogens (tertiary/aromatic N) is 3. The minimum absolute atomic E-state index is 0.114. The van der Waals surface area contributed by atoms with Crippen LogP contribution >= 0.6 is 0 Å². The summed E-state index contributed by atoms with van der Waals surface area (Å²) < 4.78 is 10.5. The summed E-state index contributed by atoms with van der Waals surface area (Å²) in [5.41, 5.74) is 1.01. The van der Waals surface area contributed by atoms with Gasteiger partial charge in [0.1, 0.15) is 12.6 Å². The van der Waals surface area contributed by atoms with E-state index in [2.05, 4.69) is 4.90 Å². The number of esters is 1. The molecule has 9 heteroatoms. The molecule has 0 aromatic heterocycles. The summed E-state index contributed by atoms with van der Waals surface area (Å²) in [6.07, 6.45) is 2.89. The second-order valence-corrected chi connectivity index (χ2v) is 10.1. The Morgan fingerprint density at radius 3 is 2.54 bits per heavy atom. The number of amides is 2. The maximum absolute atomic E-state index is 13.1. The standard InChI is InChI=1S/C26H37N3O6/c1-19-16-29(23(31)9-14-28(19)25(33)35-18-20-6-4-3-5-7-20)21(24(32)34-2)8-13-27-15-12-26(10-11-26)22(30)17-27/h3-7,19,21-22,30H,8-18H2,1-2H3. The Labute approximate surface area is 206 Å². The third kappa shape index (κ3) is 5.95. The second kappa shape index (κ2) is 11.0. The lowest BCUT2D eigenvalue weighted by atomic mass is 9.90. The third-order valence-electron chi connectivity index (χ3n) is 7.84. The molecule has 0 bridgehead atoms. The Bertz CT molecular complexity index is 906. The highest BCUT2D eigenvalue weighted by Crippen LogP contribution is 2.53. The minimum atomic E-state index is -0.732. The smallest absolute Gasteiger partial charge is 0.410 e. The van der Waals surface area contributed by atoms with Gasteiger partial charge in [-0.2, -0.15) is 0 Å². The number of carbonyl (C=O) groups excluding carboxylic acids is 3. The predicted molar refractivity (Wildman–Crippen MR) is 128 cm³/mol. The fourth-order valence-corrected chi connectivity index (χ4v) is 5.31. The van der Waals surface area contributed by atoms with Crippen LogP contribution in [0.3, 0.4) is 0 Å². The molecule has 2 amide bonds. The number of benzene rings is 1. The van der Waals surface area contributed by atoms with Crippen molar-refractivity contribution in [1.82, 2.24) is 14.7 Å². The largest absolute Gasteiger partial charge is 0.467 e. The van der Waals surface area contributed by atoms with Gasteiger partial charge in [-0.05, 0) is 50.1 Å². The Morgan fingerprint density at radius 1 is 1.14 bits per heavy atom. The number of likely N-dealkylation sites (tertiary alicyclic amines) is 1. The first kappa shape index (κ1) is 25.4. The Balaban J connectivity index is 1.36. The van der Waals surface area contributed by atoms with Crippen LogP contribution in [0.4, 0.5) is 4.79 Å². The molecule has 1 saturated carbocycles. The van der Waals surface area contributed by atoms with Crippen molar-refractivity contribution in [2.75, 3.05) is 39.8 Å². The lowest BCUT2D eigenvalue weighted by Crippen LogP contribution is -2.51. The maximum Gasteiger partial charge on any atom is 0.410 e. The van der Waals surface area contributed by atoms with Crippen LogP contribution in [0, 0.1) is 5.41 Å².